The molecule has 0 unspecified atom stereocenters. The van der Waals surface area contributed by atoms with E-state index in [1.807, 2.05) is 41.5 Å². The number of hydrogen-bond acceptors (Lipinski definition) is 8. The summed E-state index contributed by atoms with van der Waals surface area (Å²) in [5, 5.41) is 2.96. The molecule has 7 nitrogen and oxygen atoms in total. The Hall–Kier alpha value is -2.78. The molecule has 148 valence electrons. The maximum Gasteiger partial charge on any atom is 0.236 e. The van der Waals surface area contributed by atoms with Gasteiger partial charge in [0.2, 0.25) is 11.8 Å². The number of carbonyl (C=O) groups is 1. The number of anilines is 1. The number of carbonyl (C=O) groups excluding carboxylic acids is 1. The highest BCUT2D eigenvalue weighted by molar-refractivity contribution is 7.21. The maximum atomic E-state index is 12.8. The van der Waals surface area contributed by atoms with Crippen molar-refractivity contribution in [1.82, 2.24) is 19.9 Å². The van der Waals surface area contributed by atoms with E-state index in [-0.39, 0.29) is 12.3 Å². The molecule has 0 saturated carbocycles. The highest BCUT2D eigenvalue weighted by atomic mass is 32.1. The Morgan fingerprint density at radius 3 is 2.79 bits per heavy atom. The molecule has 1 amide bonds. The van der Waals surface area contributed by atoms with Gasteiger partial charge in [-0.25, -0.2) is 15.0 Å². The summed E-state index contributed by atoms with van der Waals surface area (Å²) in [6.07, 6.45) is 2.06. The topological polar surface area (TPSA) is 75.4 Å². The summed E-state index contributed by atoms with van der Waals surface area (Å²) in [4.78, 5) is 32.4. The monoisotopic (exact) mass is 425 g/mol. The summed E-state index contributed by atoms with van der Waals surface area (Å²) in [5.41, 5.74) is 1.65. The van der Waals surface area contributed by atoms with E-state index in [2.05, 4.69) is 19.9 Å². The van der Waals surface area contributed by atoms with E-state index in [4.69, 9.17) is 4.42 Å². The zero-order chi connectivity index (χ0) is 19.8. The molecule has 0 aliphatic carbocycles. The number of hydrogen-bond donors (Lipinski definition) is 0. The number of thiophene rings is 1. The molecule has 1 aliphatic rings. The van der Waals surface area contributed by atoms with Gasteiger partial charge in [-0.15, -0.1) is 11.3 Å². The summed E-state index contributed by atoms with van der Waals surface area (Å²) in [7, 11) is 0. The van der Waals surface area contributed by atoms with Crippen molar-refractivity contribution < 1.29 is 9.21 Å². The highest BCUT2D eigenvalue weighted by Crippen LogP contribution is 2.28. The molecule has 0 atom stereocenters. The zero-order valence-corrected chi connectivity index (χ0v) is 17.5. The molecule has 4 aromatic rings. The molecular formula is C20H19N5O2S2. The van der Waals surface area contributed by atoms with Crippen molar-refractivity contribution in [2.75, 3.05) is 31.1 Å². The SMILES string of the molecule is Cc1oc(-c2cccs2)nc1CC(=O)N1CCN(c2nc3cccnc3s2)CC1. The first kappa shape index (κ1) is 18.3. The van der Waals surface area contributed by atoms with Crippen LogP contribution in [0.3, 0.4) is 0 Å². The molecule has 0 N–H and O–H groups in total. The average Bonchev–Trinajstić information content (AvgIpc) is 3.48. The third-order valence-corrected chi connectivity index (χ3v) is 6.90. The van der Waals surface area contributed by atoms with Crippen LogP contribution >= 0.6 is 22.7 Å². The Bertz CT molecular complexity index is 1110. The predicted octanol–water partition coefficient (Wildman–Crippen LogP) is 3.61. The third-order valence-electron chi connectivity index (χ3n) is 5.00. The number of fused-ring (bicyclic) bond motifs is 1. The number of nitrogens with zero attached hydrogens (tertiary/aromatic N) is 5. The van der Waals surface area contributed by atoms with Crippen LogP contribution in [0.15, 0.2) is 40.3 Å². The van der Waals surface area contributed by atoms with Crippen LogP contribution in [-0.2, 0) is 11.2 Å². The second kappa shape index (κ2) is 7.57. The van der Waals surface area contributed by atoms with Gasteiger partial charge >= 0.3 is 0 Å². The lowest BCUT2D eigenvalue weighted by Gasteiger charge is -2.34. The first-order chi connectivity index (χ1) is 14.2. The van der Waals surface area contributed by atoms with Crippen LogP contribution in [0.25, 0.3) is 21.1 Å². The van der Waals surface area contributed by atoms with E-state index < -0.39 is 0 Å². The molecule has 5 rings (SSSR count). The summed E-state index contributed by atoms with van der Waals surface area (Å²) >= 11 is 3.18. The summed E-state index contributed by atoms with van der Waals surface area (Å²) in [6.45, 7) is 4.76. The highest BCUT2D eigenvalue weighted by Gasteiger charge is 2.25. The molecule has 0 spiro atoms. The summed E-state index contributed by atoms with van der Waals surface area (Å²) in [6, 6.07) is 7.81. The van der Waals surface area contributed by atoms with Gasteiger partial charge in [0.25, 0.3) is 0 Å². The smallest absolute Gasteiger partial charge is 0.236 e. The van der Waals surface area contributed by atoms with Crippen molar-refractivity contribution in [1.29, 1.82) is 0 Å². The molecule has 1 aliphatic heterocycles. The van der Waals surface area contributed by atoms with Gasteiger partial charge in [-0.2, -0.15) is 0 Å². The molecule has 0 radical (unpaired) electrons. The van der Waals surface area contributed by atoms with Gasteiger partial charge in [0, 0.05) is 32.4 Å². The van der Waals surface area contributed by atoms with E-state index in [0.717, 1.165) is 39.1 Å². The van der Waals surface area contributed by atoms with Crippen LogP contribution in [0, 0.1) is 6.92 Å². The molecule has 5 heterocycles. The van der Waals surface area contributed by atoms with Crippen LogP contribution < -0.4 is 4.90 Å². The van der Waals surface area contributed by atoms with Gasteiger partial charge < -0.3 is 14.2 Å². The van der Waals surface area contributed by atoms with Gasteiger partial charge in [0.15, 0.2) is 5.13 Å². The largest absolute Gasteiger partial charge is 0.440 e. The van der Waals surface area contributed by atoms with E-state index in [0.29, 0.717) is 24.7 Å². The lowest BCUT2D eigenvalue weighted by Crippen LogP contribution is -2.49. The van der Waals surface area contributed by atoms with Crippen LogP contribution in [0.1, 0.15) is 11.5 Å². The number of oxazole rings is 1. The molecule has 1 fully saturated rings. The van der Waals surface area contributed by atoms with E-state index in [1.54, 1.807) is 28.9 Å². The van der Waals surface area contributed by atoms with Gasteiger partial charge in [0.05, 0.1) is 17.0 Å². The maximum absolute atomic E-state index is 12.8. The third kappa shape index (κ3) is 3.63. The lowest BCUT2D eigenvalue weighted by molar-refractivity contribution is -0.130. The second-order valence-electron chi connectivity index (χ2n) is 6.87. The normalized spacial score (nSPS) is 14.7. The minimum absolute atomic E-state index is 0.0877. The number of pyridine rings is 1. The Morgan fingerprint density at radius 1 is 1.17 bits per heavy atom. The van der Waals surface area contributed by atoms with Crippen molar-refractivity contribution in [2.45, 2.75) is 13.3 Å². The summed E-state index contributed by atoms with van der Waals surface area (Å²) < 4.78 is 5.76. The molecule has 0 aromatic carbocycles. The molecule has 1 saturated heterocycles. The number of piperazine rings is 1. The lowest BCUT2D eigenvalue weighted by atomic mass is 10.2. The fraction of sp³-hybridized carbons (Fsp3) is 0.300. The fourth-order valence-corrected chi connectivity index (χ4v) is 5.00. The molecular weight excluding hydrogens is 406 g/mol. The number of aryl methyl sites for hydroxylation is 1. The molecule has 29 heavy (non-hydrogen) atoms. The molecule has 4 aromatic heterocycles. The Labute approximate surface area is 175 Å². The number of aromatic nitrogens is 3. The minimum atomic E-state index is 0.0877. The molecule has 0 bridgehead atoms. The zero-order valence-electron chi connectivity index (χ0n) is 15.9. The van der Waals surface area contributed by atoms with Crippen LogP contribution in [0.4, 0.5) is 5.13 Å². The van der Waals surface area contributed by atoms with Crippen molar-refractivity contribution in [2.24, 2.45) is 0 Å². The van der Waals surface area contributed by atoms with Crippen LogP contribution in [0.2, 0.25) is 0 Å². The average molecular weight is 426 g/mol. The Morgan fingerprint density at radius 2 is 2.03 bits per heavy atom. The van der Waals surface area contributed by atoms with Crippen molar-refractivity contribution in [3.8, 4) is 10.8 Å². The van der Waals surface area contributed by atoms with Crippen molar-refractivity contribution in [3.05, 3.63) is 47.3 Å². The fourth-order valence-electron chi connectivity index (χ4n) is 3.39. The van der Waals surface area contributed by atoms with Gasteiger partial charge in [-0.1, -0.05) is 17.4 Å². The van der Waals surface area contributed by atoms with Crippen molar-refractivity contribution >= 4 is 44.1 Å². The Kier molecular flexibility index (Phi) is 4.76. The van der Waals surface area contributed by atoms with Crippen LogP contribution in [-0.4, -0.2) is 51.9 Å². The van der Waals surface area contributed by atoms with Crippen LogP contribution in [0.5, 0.6) is 0 Å². The predicted molar refractivity (Wildman–Crippen MR) is 114 cm³/mol. The summed E-state index contributed by atoms with van der Waals surface area (Å²) in [5.74, 6) is 1.39. The number of rotatable bonds is 4. The first-order valence-corrected chi connectivity index (χ1v) is 11.1. The van der Waals surface area contributed by atoms with E-state index in [1.165, 1.54) is 0 Å². The quantitative estimate of drug-likeness (QED) is 0.497. The van der Waals surface area contributed by atoms with Gasteiger partial charge in [-0.05, 0) is 30.5 Å². The first-order valence-electron chi connectivity index (χ1n) is 9.42. The Balaban J connectivity index is 1.22. The van der Waals surface area contributed by atoms with Gasteiger partial charge in [-0.3, -0.25) is 4.79 Å². The van der Waals surface area contributed by atoms with Gasteiger partial charge in [0.1, 0.15) is 16.1 Å². The number of amides is 1. The standard InChI is InChI=1S/C20H19N5O2S2/c1-13-15(22-18(27-13)16-5-3-11-28-16)12-17(26)24-7-9-25(10-8-24)20-23-14-4-2-6-21-19(14)29-20/h2-6,11H,7-10,12H2,1H3. The van der Waals surface area contributed by atoms with E-state index in [9.17, 15) is 4.79 Å². The van der Waals surface area contributed by atoms with E-state index >= 15 is 0 Å². The van der Waals surface area contributed by atoms with Crippen molar-refractivity contribution in [3.63, 3.8) is 0 Å². The minimum Gasteiger partial charge on any atom is -0.440 e. The molecule has 9 heteroatoms. The number of thiazole rings is 1. The second-order valence-corrected chi connectivity index (χ2v) is 8.77.